The monoisotopic (exact) mass is 348 g/mol. The molecule has 1 aliphatic heterocycles. The molecule has 0 atom stereocenters. The van der Waals surface area contributed by atoms with Gasteiger partial charge in [0.15, 0.2) is 0 Å². The lowest BCUT2D eigenvalue weighted by molar-refractivity contribution is 0.0698. The first kappa shape index (κ1) is 16.8. The zero-order chi connectivity index (χ0) is 16.9. The maximum Gasteiger partial charge on any atom is 0.274 e. The summed E-state index contributed by atoms with van der Waals surface area (Å²) in [5, 5.41) is 3.74. The minimum Gasteiger partial charge on any atom is -0.337 e. The Kier molecular flexibility index (Phi) is 5.37. The zero-order valence-corrected chi connectivity index (χ0v) is 13.8. The fourth-order valence-corrected chi connectivity index (χ4v) is 2.94. The van der Waals surface area contributed by atoms with Crippen molar-refractivity contribution in [3.05, 3.63) is 58.9 Å². The summed E-state index contributed by atoms with van der Waals surface area (Å²) in [6, 6.07) is 4.95. The Morgan fingerprint density at radius 1 is 1.33 bits per heavy atom. The molecule has 7 heteroatoms. The van der Waals surface area contributed by atoms with Gasteiger partial charge in [-0.3, -0.25) is 9.78 Å². The van der Waals surface area contributed by atoms with Crippen molar-refractivity contribution in [3.8, 4) is 0 Å². The summed E-state index contributed by atoms with van der Waals surface area (Å²) in [6.07, 6.45) is 6.18. The van der Waals surface area contributed by atoms with Crippen LogP contribution >= 0.6 is 11.6 Å². The number of rotatable bonds is 4. The predicted octanol–water partition coefficient (Wildman–Crippen LogP) is 2.66. The molecule has 1 fully saturated rings. The van der Waals surface area contributed by atoms with Crippen LogP contribution in [-0.2, 0) is 6.54 Å². The molecule has 5 nitrogen and oxygen atoms in total. The zero-order valence-electron chi connectivity index (χ0n) is 13.1. The Morgan fingerprint density at radius 2 is 2.12 bits per heavy atom. The second kappa shape index (κ2) is 7.68. The van der Waals surface area contributed by atoms with E-state index in [0.29, 0.717) is 35.9 Å². The largest absolute Gasteiger partial charge is 0.337 e. The van der Waals surface area contributed by atoms with Crippen LogP contribution in [0.2, 0.25) is 5.02 Å². The maximum absolute atomic E-state index is 13.8. The molecule has 3 rings (SSSR count). The number of halogens is 2. The second-order valence-electron chi connectivity index (χ2n) is 5.77. The molecule has 2 heterocycles. The van der Waals surface area contributed by atoms with Crippen LogP contribution in [0.3, 0.4) is 0 Å². The van der Waals surface area contributed by atoms with E-state index < -0.39 is 0 Å². The summed E-state index contributed by atoms with van der Waals surface area (Å²) in [6.45, 7) is 1.75. The molecule has 1 saturated heterocycles. The van der Waals surface area contributed by atoms with Gasteiger partial charge >= 0.3 is 0 Å². The highest BCUT2D eigenvalue weighted by Crippen LogP contribution is 2.17. The highest BCUT2D eigenvalue weighted by molar-refractivity contribution is 6.30. The van der Waals surface area contributed by atoms with Crippen LogP contribution in [0, 0.1) is 5.82 Å². The van der Waals surface area contributed by atoms with Gasteiger partial charge in [0.25, 0.3) is 5.91 Å². The van der Waals surface area contributed by atoms with E-state index in [4.69, 9.17) is 11.6 Å². The Balaban J connectivity index is 1.49. The van der Waals surface area contributed by atoms with Crippen LogP contribution in [0.5, 0.6) is 0 Å². The first-order chi connectivity index (χ1) is 11.6. The van der Waals surface area contributed by atoms with Crippen LogP contribution in [0.15, 0.2) is 36.8 Å². The lowest BCUT2D eigenvalue weighted by Crippen LogP contribution is -2.45. The van der Waals surface area contributed by atoms with E-state index in [-0.39, 0.29) is 17.8 Å². The Hall–Kier alpha value is -2.05. The summed E-state index contributed by atoms with van der Waals surface area (Å²) in [5.74, 6) is -0.393. The number of benzene rings is 1. The van der Waals surface area contributed by atoms with Gasteiger partial charge in [-0.2, -0.15) is 0 Å². The smallest absolute Gasteiger partial charge is 0.274 e. The second-order valence-corrected chi connectivity index (χ2v) is 6.21. The van der Waals surface area contributed by atoms with E-state index in [0.717, 1.165) is 12.8 Å². The van der Waals surface area contributed by atoms with Crippen molar-refractivity contribution < 1.29 is 9.18 Å². The number of hydrogen-bond acceptors (Lipinski definition) is 4. The molecule has 0 aliphatic carbocycles. The molecular weight excluding hydrogens is 331 g/mol. The van der Waals surface area contributed by atoms with Gasteiger partial charge in [-0.15, -0.1) is 0 Å². The molecule has 0 spiro atoms. The van der Waals surface area contributed by atoms with E-state index >= 15 is 0 Å². The van der Waals surface area contributed by atoms with Crippen LogP contribution in [0.1, 0.15) is 28.9 Å². The number of carbonyl (C=O) groups is 1. The number of carbonyl (C=O) groups excluding carboxylic acids is 1. The molecule has 1 aromatic heterocycles. The minimum absolute atomic E-state index is 0.0923. The molecular formula is C17H18ClFN4O. The molecule has 1 aliphatic rings. The number of likely N-dealkylation sites (tertiary alicyclic amines) is 1. The third-order valence-electron chi connectivity index (χ3n) is 4.16. The molecule has 2 aromatic rings. The van der Waals surface area contributed by atoms with Crippen molar-refractivity contribution in [3.63, 3.8) is 0 Å². The first-order valence-corrected chi connectivity index (χ1v) is 8.24. The van der Waals surface area contributed by atoms with Crippen molar-refractivity contribution >= 4 is 17.5 Å². The SMILES string of the molecule is O=C(c1cnccn1)N1CCC(NCc2ccc(Cl)cc2F)CC1. The Morgan fingerprint density at radius 3 is 2.79 bits per heavy atom. The topological polar surface area (TPSA) is 58.1 Å². The van der Waals surface area contributed by atoms with Crippen molar-refractivity contribution in [1.29, 1.82) is 0 Å². The fourth-order valence-electron chi connectivity index (χ4n) is 2.78. The molecule has 1 aromatic carbocycles. The van der Waals surface area contributed by atoms with Gasteiger partial charge in [0.1, 0.15) is 11.5 Å². The van der Waals surface area contributed by atoms with Crippen LogP contribution in [0.25, 0.3) is 0 Å². The summed E-state index contributed by atoms with van der Waals surface area (Å²) >= 11 is 5.75. The maximum atomic E-state index is 13.8. The first-order valence-electron chi connectivity index (χ1n) is 7.86. The molecule has 0 saturated carbocycles. The molecule has 1 N–H and O–H groups in total. The van der Waals surface area contributed by atoms with Gasteiger partial charge < -0.3 is 10.2 Å². The van der Waals surface area contributed by atoms with Gasteiger partial charge in [-0.25, -0.2) is 9.37 Å². The van der Waals surface area contributed by atoms with Gasteiger partial charge in [-0.1, -0.05) is 17.7 Å². The average molecular weight is 349 g/mol. The lowest BCUT2D eigenvalue weighted by atomic mass is 10.0. The van der Waals surface area contributed by atoms with Gasteiger partial charge in [-0.05, 0) is 25.0 Å². The lowest BCUT2D eigenvalue weighted by Gasteiger charge is -2.32. The van der Waals surface area contributed by atoms with E-state index in [1.807, 2.05) is 0 Å². The standard InChI is InChI=1S/C17H18ClFN4O/c18-13-2-1-12(15(19)9-13)10-22-14-3-7-23(8-4-14)17(24)16-11-20-5-6-21-16/h1-2,5-6,9,11,14,22H,3-4,7-8,10H2. The molecule has 0 unspecified atom stereocenters. The van der Waals surface area contributed by atoms with E-state index in [9.17, 15) is 9.18 Å². The average Bonchev–Trinajstić information content (AvgIpc) is 2.62. The third-order valence-corrected chi connectivity index (χ3v) is 4.40. The van der Waals surface area contributed by atoms with E-state index in [1.54, 1.807) is 23.2 Å². The highest BCUT2D eigenvalue weighted by Gasteiger charge is 2.24. The van der Waals surface area contributed by atoms with Crippen LogP contribution < -0.4 is 5.32 Å². The molecule has 0 bridgehead atoms. The molecule has 0 radical (unpaired) electrons. The minimum atomic E-state index is -0.301. The summed E-state index contributed by atoms with van der Waals surface area (Å²) in [7, 11) is 0. The number of amides is 1. The number of nitrogens with one attached hydrogen (secondary N) is 1. The van der Waals surface area contributed by atoms with Crippen molar-refractivity contribution in [1.82, 2.24) is 20.2 Å². The quantitative estimate of drug-likeness (QED) is 0.923. The molecule has 1 amide bonds. The molecule has 126 valence electrons. The normalized spacial score (nSPS) is 15.5. The van der Waals surface area contributed by atoms with E-state index in [1.165, 1.54) is 18.5 Å². The molecule has 24 heavy (non-hydrogen) atoms. The van der Waals surface area contributed by atoms with Crippen molar-refractivity contribution in [2.24, 2.45) is 0 Å². The van der Waals surface area contributed by atoms with Crippen LogP contribution in [0.4, 0.5) is 4.39 Å². The van der Waals surface area contributed by atoms with Gasteiger partial charge in [0, 0.05) is 48.7 Å². The van der Waals surface area contributed by atoms with Gasteiger partial charge in [0.05, 0.1) is 6.20 Å². The fraction of sp³-hybridized carbons (Fsp3) is 0.353. The predicted molar refractivity (Wildman–Crippen MR) is 89.2 cm³/mol. The van der Waals surface area contributed by atoms with Crippen molar-refractivity contribution in [2.75, 3.05) is 13.1 Å². The van der Waals surface area contributed by atoms with Crippen molar-refractivity contribution in [2.45, 2.75) is 25.4 Å². The third kappa shape index (κ3) is 4.07. The van der Waals surface area contributed by atoms with E-state index in [2.05, 4.69) is 15.3 Å². The Bertz CT molecular complexity index is 705. The summed E-state index contributed by atoms with van der Waals surface area (Å²) in [5.41, 5.74) is 0.963. The number of piperidine rings is 1. The van der Waals surface area contributed by atoms with Crippen LogP contribution in [-0.4, -0.2) is 39.9 Å². The highest BCUT2D eigenvalue weighted by atomic mass is 35.5. The number of nitrogens with zero attached hydrogens (tertiary/aromatic N) is 3. The van der Waals surface area contributed by atoms with Gasteiger partial charge in [0.2, 0.25) is 0 Å². The number of hydrogen-bond donors (Lipinski definition) is 1. The number of aromatic nitrogens is 2. The summed E-state index contributed by atoms with van der Waals surface area (Å²) in [4.78, 5) is 22.1. The Labute approximate surface area is 144 Å². The summed E-state index contributed by atoms with van der Waals surface area (Å²) < 4.78 is 13.8.